The Kier molecular flexibility index (Phi) is 5.89. The van der Waals surface area contributed by atoms with Gasteiger partial charge >= 0.3 is 0 Å². The van der Waals surface area contributed by atoms with Crippen LogP contribution in [0.25, 0.3) is 11.3 Å². The second-order valence-corrected chi connectivity index (χ2v) is 7.67. The molecule has 1 amide bonds. The van der Waals surface area contributed by atoms with Crippen molar-refractivity contribution < 1.29 is 22.8 Å². The van der Waals surface area contributed by atoms with Gasteiger partial charge in [-0.15, -0.1) is 0 Å². The van der Waals surface area contributed by atoms with Crippen LogP contribution in [-0.4, -0.2) is 21.3 Å². The molecular weight excluding hydrogens is 441 g/mol. The SMILES string of the molecule is O=C(NOCC1CC1)c1cc(F)c(F)c(F)c1Nc1ccc(-c2cnsn2)cc1Cl. The van der Waals surface area contributed by atoms with E-state index < -0.39 is 34.6 Å². The summed E-state index contributed by atoms with van der Waals surface area (Å²) in [6, 6.07) is 5.29. The molecule has 6 nitrogen and oxygen atoms in total. The molecule has 1 heterocycles. The maximum absolute atomic E-state index is 14.5. The number of carbonyl (C=O) groups is 1. The van der Waals surface area contributed by atoms with Crippen molar-refractivity contribution in [3.05, 3.63) is 58.5 Å². The molecule has 30 heavy (non-hydrogen) atoms. The molecule has 11 heteroatoms. The summed E-state index contributed by atoms with van der Waals surface area (Å²) in [5, 5.41) is 2.73. The summed E-state index contributed by atoms with van der Waals surface area (Å²) in [5.41, 5.74) is 2.54. The molecule has 1 saturated carbocycles. The van der Waals surface area contributed by atoms with Gasteiger partial charge in [0.1, 0.15) is 5.69 Å². The number of hydroxylamine groups is 1. The van der Waals surface area contributed by atoms with Gasteiger partial charge in [0.15, 0.2) is 17.5 Å². The zero-order chi connectivity index (χ0) is 21.3. The summed E-state index contributed by atoms with van der Waals surface area (Å²) < 4.78 is 50.1. The fraction of sp³-hybridized carbons (Fsp3) is 0.211. The molecule has 1 aliphatic rings. The molecule has 0 aliphatic heterocycles. The number of halogens is 4. The molecule has 0 saturated heterocycles. The van der Waals surface area contributed by atoms with Gasteiger partial charge in [0.2, 0.25) is 0 Å². The zero-order valence-corrected chi connectivity index (χ0v) is 16.8. The van der Waals surface area contributed by atoms with Crippen LogP contribution in [0.3, 0.4) is 0 Å². The zero-order valence-electron chi connectivity index (χ0n) is 15.2. The van der Waals surface area contributed by atoms with E-state index in [9.17, 15) is 18.0 Å². The minimum absolute atomic E-state index is 0.154. The van der Waals surface area contributed by atoms with Crippen LogP contribution >= 0.6 is 23.3 Å². The smallest absolute Gasteiger partial charge is 0.277 e. The van der Waals surface area contributed by atoms with E-state index in [0.717, 1.165) is 24.6 Å². The van der Waals surface area contributed by atoms with Gasteiger partial charge in [-0.2, -0.15) is 8.75 Å². The Balaban J connectivity index is 1.62. The number of hydrogen-bond acceptors (Lipinski definition) is 6. The van der Waals surface area contributed by atoms with E-state index in [4.69, 9.17) is 16.4 Å². The van der Waals surface area contributed by atoms with Gasteiger partial charge in [-0.05, 0) is 37.0 Å². The summed E-state index contributed by atoms with van der Waals surface area (Å²) >= 11 is 7.28. The Hall–Kier alpha value is -2.69. The van der Waals surface area contributed by atoms with Crippen molar-refractivity contribution in [2.75, 3.05) is 11.9 Å². The molecule has 1 aromatic heterocycles. The van der Waals surface area contributed by atoms with Crippen molar-refractivity contribution in [2.24, 2.45) is 5.92 Å². The quantitative estimate of drug-likeness (QED) is 0.384. The number of benzene rings is 2. The molecule has 3 aromatic rings. The van der Waals surface area contributed by atoms with Gasteiger partial charge in [-0.25, -0.2) is 18.7 Å². The van der Waals surface area contributed by atoms with Crippen molar-refractivity contribution >= 4 is 40.6 Å². The topological polar surface area (TPSA) is 76.1 Å². The highest BCUT2D eigenvalue weighted by atomic mass is 35.5. The third kappa shape index (κ3) is 4.40. The summed E-state index contributed by atoms with van der Waals surface area (Å²) in [4.78, 5) is 17.5. The van der Waals surface area contributed by atoms with Crippen LogP contribution in [0.2, 0.25) is 5.02 Å². The Morgan fingerprint density at radius 1 is 1.23 bits per heavy atom. The molecule has 0 bridgehead atoms. The van der Waals surface area contributed by atoms with Gasteiger partial charge in [0.25, 0.3) is 5.91 Å². The minimum Gasteiger partial charge on any atom is -0.351 e. The number of carbonyl (C=O) groups excluding carboxylic acids is 1. The van der Waals surface area contributed by atoms with E-state index in [0.29, 0.717) is 29.8 Å². The lowest BCUT2D eigenvalue weighted by molar-refractivity contribution is 0.0270. The molecule has 0 spiro atoms. The van der Waals surface area contributed by atoms with Gasteiger partial charge in [0, 0.05) is 5.56 Å². The number of anilines is 2. The predicted octanol–water partition coefficient (Wildman–Crippen LogP) is 5.09. The first-order valence-electron chi connectivity index (χ1n) is 8.88. The van der Waals surface area contributed by atoms with Crippen LogP contribution in [-0.2, 0) is 4.84 Å². The van der Waals surface area contributed by atoms with Crippen LogP contribution in [0.15, 0.2) is 30.5 Å². The first-order chi connectivity index (χ1) is 14.4. The summed E-state index contributed by atoms with van der Waals surface area (Å²) in [7, 11) is 0. The largest absolute Gasteiger partial charge is 0.351 e. The Morgan fingerprint density at radius 3 is 2.70 bits per heavy atom. The van der Waals surface area contributed by atoms with E-state index in [1.54, 1.807) is 18.3 Å². The van der Waals surface area contributed by atoms with E-state index in [1.807, 2.05) is 0 Å². The van der Waals surface area contributed by atoms with Crippen molar-refractivity contribution in [2.45, 2.75) is 12.8 Å². The lowest BCUT2D eigenvalue weighted by Crippen LogP contribution is -2.26. The second-order valence-electron chi connectivity index (χ2n) is 6.71. The van der Waals surface area contributed by atoms with E-state index in [1.165, 1.54) is 6.07 Å². The molecule has 2 aromatic carbocycles. The molecule has 4 rings (SSSR count). The van der Waals surface area contributed by atoms with Gasteiger partial charge in [0.05, 0.1) is 46.5 Å². The molecular formula is C19H14ClF3N4O2S. The van der Waals surface area contributed by atoms with Crippen LogP contribution in [0, 0.1) is 23.4 Å². The molecule has 1 aliphatic carbocycles. The number of nitrogens with one attached hydrogen (secondary N) is 2. The third-order valence-electron chi connectivity index (χ3n) is 4.47. The van der Waals surface area contributed by atoms with E-state index in [2.05, 4.69) is 19.5 Å². The number of aromatic nitrogens is 2. The highest BCUT2D eigenvalue weighted by molar-refractivity contribution is 6.99. The Bertz CT molecular complexity index is 1090. The van der Waals surface area contributed by atoms with E-state index >= 15 is 0 Å². The molecule has 1 fully saturated rings. The maximum Gasteiger partial charge on any atom is 0.277 e. The first kappa shape index (κ1) is 20.6. The second kappa shape index (κ2) is 8.58. The Morgan fingerprint density at radius 2 is 2.03 bits per heavy atom. The number of nitrogens with zero attached hydrogens (tertiary/aromatic N) is 2. The standard InChI is InChI=1S/C19H14ClF3N4O2S/c20-12-5-10(15-7-24-30-27-15)3-4-14(12)25-18-11(6-13(21)16(22)17(18)23)19(28)26-29-8-9-1-2-9/h3-7,9,25H,1-2,8H2,(H,26,28). The molecule has 0 radical (unpaired) electrons. The Labute approximate surface area is 178 Å². The predicted molar refractivity (Wildman–Crippen MR) is 106 cm³/mol. The minimum atomic E-state index is -1.71. The fourth-order valence-corrected chi connectivity index (χ4v) is 3.33. The van der Waals surface area contributed by atoms with Gasteiger partial charge in [-0.1, -0.05) is 17.7 Å². The van der Waals surface area contributed by atoms with E-state index in [-0.39, 0.29) is 10.7 Å². The summed E-state index contributed by atoms with van der Waals surface area (Å²) in [6.07, 6.45) is 3.55. The van der Waals surface area contributed by atoms with Crippen molar-refractivity contribution in [1.29, 1.82) is 0 Å². The normalized spacial score (nSPS) is 13.3. The number of amides is 1. The average molecular weight is 455 g/mol. The van der Waals surface area contributed by atoms with Gasteiger partial charge < -0.3 is 5.32 Å². The summed E-state index contributed by atoms with van der Waals surface area (Å²) in [5.74, 6) is -5.32. The number of rotatable bonds is 7. The first-order valence-corrected chi connectivity index (χ1v) is 9.99. The van der Waals surface area contributed by atoms with Crippen LogP contribution in [0.1, 0.15) is 23.2 Å². The lowest BCUT2D eigenvalue weighted by atomic mass is 10.1. The van der Waals surface area contributed by atoms with Crippen LogP contribution < -0.4 is 10.8 Å². The fourth-order valence-electron chi connectivity index (χ4n) is 2.66. The molecule has 2 N–H and O–H groups in total. The van der Waals surface area contributed by atoms with Crippen LogP contribution in [0.4, 0.5) is 24.5 Å². The lowest BCUT2D eigenvalue weighted by Gasteiger charge is -2.15. The highest BCUT2D eigenvalue weighted by Crippen LogP contribution is 2.34. The van der Waals surface area contributed by atoms with Crippen molar-refractivity contribution in [1.82, 2.24) is 14.2 Å². The molecule has 156 valence electrons. The molecule has 0 unspecified atom stereocenters. The molecule has 0 atom stereocenters. The van der Waals surface area contributed by atoms with Crippen LogP contribution in [0.5, 0.6) is 0 Å². The summed E-state index contributed by atoms with van der Waals surface area (Å²) in [6.45, 7) is 0.291. The highest BCUT2D eigenvalue weighted by Gasteiger charge is 2.25. The number of hydrogen-bond donors (Lipinski definition) is 2. The van der Waals surface area contributed by atoms with Gasteiger partial charge in [-0.3, -0.25) is 9.63 Å². The van der Waals surface area contributed by atoms with Crippen molar-refractivity contribution in [3.8, 4) is 11.3 Å². The monoisotopic (exact) mass is 454 g/mol. The average Bonchev–Trinajstić information content (AvgIpc) is 3.38. The third-order valence-corrected chi connectivity index (χ3v) is 5.26. The van der Waals surface area contributed by atoms with Crippen molar-refractivity contribution in [3.63, 3.8) is 0 Å². The maximum atomic E-state index is 14.5.